The molecule has 0 bridgehead atoms. The quantitative estimate of drug-likeness (QED) is 0.850. The molecule has 0 aromatic carbocycles. The number of rotatable bonds is 4. The van der Waals surface area contributed by atoms with Crippen LogP contribution in [0.3, 0.4) is 0 Å². The van der Waals surface area contributed by atoms with Gasteiger partial charge in [0.15, 0.2) is 5.82 Å². The van der Waals surface area contributed by atoms with Gasteiger partial charge in [-0.05, 0) is 10.4 Å². The van der Waals surface area contributed by atoms with Crippen molar-refractivity contribution < 1.29 is 0 Å². The van der Waals surface area contributed by atoms with Crippen molar-refractivity contribution in [3.05, 3.63) is 17.7 Å². The molecule has 92 valence electrons. The van der Waals surface area contributed by atoms with E-state index < -0.39 is 0 Å². The highest BCUT2D eigenvalue weighted by Crippen LogP contribution is 2.23. The molecule has 1 N–H and O–H groups in total. The van der Waals surface area contributed by atoms with Gasteiger partial charge in [0.1, 0.15) is 0 Å². The van der Waals surface area contributed by atoms with Crippen LogP contribution in [0.15, 0.2) is 6.20 Å². The summed E-state index contributed by atoms with van der Waals surface area (Å²) in [5, 5.41) is 22.4. The Labute approximate surface area is 99.6 Å². The Kier molecular flexibility index (Phi) is 2.91. The number of nitrogens with zero attached hydrogens (tertiary/aromatic N) is 6. The van der Waals surface area contributed by atoms with E-state index in [4.69, 9.17) is 0 Å². The smallest absolute Gasteiger partial charge is 0.153 e. The second kappa shape index (κ2) is 4.23. The van der Waals surface area contributed by atoms with Crippen molar-refractivity contribution in [3.63, 3.8) is 0 Å². The van der Waals surface area contributed by atoms with Gasteiger partial charge in [-0.15, -0.1) is 5.10 Å². The molecule has 0 fully saturated rings. The number of H-pyrrole nitrogens is 1. The predicted octanol–water partition coefficient (Wildman–Crippen LogP) is 0.892. The van der Waals surface area contributed by atoms with Crippen LogP contribution < -0.4 is 0 Å². The summed E-state index contributed by atoms with van der Waals surface area (Å²) < 4.78 is 1.83. The van der Waals surface area contributed by atoms with Gasteiger partial charge in [-0.2, -0.15) is 15.4 Å². The van der Waals surface area contributed by atoms with E-state index in [9.17, 15) is 0 Å². The Morgan fingerprint density at radius 2 is 2.18 bits per heavy atom. The molecule has 7 nitrogen and oxygen atoms in total. The SMILES string of the molecule is CC(C)c1nnnn1CC(C)(C)c1cn[nH]n1. The maximum atomic E-state index is 4.12. The van der Waals surface area contributed by atoms with E-state index in [1.807, 2.05) is 4.68 Å². The first-order valence-corrected chi connectivity index (χ1v) is 5.63. The average molecular weight is 235 g/mol. The molecule has 0 atom stereocenters. The third-order valence-corrected chi connectivity index (χ3v) is 2.73. The maximum absolute atomic E-state index is 4.12. The summed E-state index contributed by atoms with van der Waals surface area (Å²) in [6, 6.07) is 0. The molecule has 0 amide bonds. The molecule has 0 unspecified atom stereocenters. The van der Waals surface area contributed by atoms with E-state index >= 15 is 0 Å². The number of hydrogen-bond acceptors (Lipinski definition) is 5. The van der Waals surface area contributed by atoms with Gasteiger partial charge in [0.2, 0.25) is 0 Å². The zero-order valence-corrected chi connectivity index (χ0v) is 10.5. The van der Waals surface area contributed by atoms with Gasteiger partial charge >= 0.3 is 0 Å². The highest BCUT2D eigenvalue weighted by molar-refractivity contribution is 5.08. The fourth-order valence-electron chi connectivity index (χ4n) is 1.72. The normalized spacial score (nSPS) is 12.3. The summed E-state index contributed by atoms with van der Waals surface area (Å²) in [6.07, 6.45) is 1.74. The first-order chi connectivity index (χ1) is 8.00. The summed E-state index contributed by atoms with van der Waals surface area (Å²) in [4.78, 5) is 0. The first-order valence-electron chi connectivity index (χ1n) is 5.63. The summed E-state index contributed by atoms with van der Waals surface area (Å²) in [5.41, 5.74) is 0.745. The van der Waals surface area contributed by atoms with Crippen LogP contribution in [0.1, 0.15) is 45.1 Å². The lowest BCUT2D eigenvalue weighted by molar-refractivity contribution is 0.380. The lowest BCUT2D eigenvalue weighted by Crippen LogP contribution is -2.27. The van der Waals surface area contributed by atoms with E-state index in [2.05, 4.69) is 58.6 Å². The van der Waals surface area contributed by atoms with Crippen LogP contribution >= 0.6 is 0 Å². The van der Waals surface area contributed by atoms with Crippen LogP contribution in [0.25, 0.3) is 0 Å². The third kappa shape index (κ3) is 2.32. The summed E-state index contributed by atoms with van der Waals surface area (Å²) in [7, 11) is 0. The standard InChI is InChI=1S/C10H17N7/c1-7(2)9-13-15-16-17(9)6-10(3,4)8-5-11-14-12-8/h5,7H,6H2,1-4H3,(H,11,12,14). The van der Waals surface area contributed by atoms with Crippen molar-refractivity contribution in [2.45, 2.75) is 45.6 Å². The minimum Gasteiger partial charge on any atom is -0.228 e. The van der Waals surface area contributed by atoms with Crippen molar-refractivity contribution in [1.29, 1.82) is 0 Å². The molecular weight excluding hydrogens is 218 g/mol. The van der Waals surface area contributed by atoms with Gasteiger partial charge in [-0.25, -0.2) is 4.68 Å². The maximum Gasteiger partial charge on any atom is 0.153 e. The molecule has 2 rings (SSSR count). The largest absolute Gasteiger partial charge is 0.228 e. The Bertz CT molecular complexity index is 469. The minimum absolute atomic E-state index is 0.161. The van der Waals surface area contributed by atoms with Crippen LogP contribution in [-0.2, 0) is 12.0 Å². The fraction of sp³-hybridized carbons (Fsp3) is 0.700. The van der Waals surface area contributed by atoms with Crippen LogP contribution in [0.4, 0.5) is 0 Å². The lowest BCUT2D eigenvalue weighted by Gasteiger charge is -2.22. The molecule has 0 saturated carbocycles. The molecule has 7 heteroatoms. The zero-order chi connectivity index (χ0) is 12.5. The van der Waals surface area contributed by atoms with E-state index in [1.165, 1.54) is 0 Å². The topological polar surface area (TPSA) is 85.2 Å². The van der Waals surface area contributed by atoms with Gasteiger partial charge in [0, 0.05) is 11.3 Å². The van der Waals surface area contributed by atoms with Crippen molar-refractivity contribution in [2.24, 2.45) is 0 Å². The minimum atomic E-state index is -0.161. The zero-order valence-electron chi connectivity index (χ0n) is 10.5. The first kappa shape index (κ1) is 11.7. The highest BCUT2D eigenvalue weighted by atomic mass is 15.5. The van der Waals surface area contributed by atoms with Gasteiger partial charge in [0.05, 0.1) is 18.4 Å². The molecule has 0 saturated heterocycles. The number of aromatic nitrogens is 7. The Morgan fingerprint density at radius 1 is 1.41 bits per heavy atom. The van der Waals surface area contributed by atoms with Crippen molar-refractivity contribution >= 4 is 0 Å². The number of nitrogens with one attached hydrogen (secondary N) is 1. The third-order valence-electron chi connectivity index (χ3n) is 2.73. The molecule has 0 radical (unpaired) electrons. The number of tetrazole rings is 1. The predicted molar refractivity (Wildman–Crippen MR) is 61.3 cm³/mol. The molecule has 0 aliphatic carbocycles. The molecule has 0 spiro atoms. The molecule has 2 heterocycles. The Balaban J connectivity index is 2.23. The van der Waals surface area contributed by atoms with E-state index in [0.717, 1.165) is 11.5 Å². The fourth-order valence-corrected chi connectivity index (χ4v) is 1.72. The van der Waals surface area contributed by atoms with E-state index in [1.54, 1.807) is 6.20 Å². The van der Waals surface area contributed by atoms with E-state index in [-0.39, 0.29) is 5.41 Å². The van der Waals surface area contributed by atoms with Crippen LogP contribution in [-0.4, -0.2) is 35.6 Å². The Morgan fingerprint density at radius 3 is 2.76 bits per heavy atom. The van der Waals surface area contributed by atoms with Crippen molar-refractivity contribution in [2.75, 3.05) is 0 Å². The van der Waals surface area contributed by atoms with Crippen molar-refractivity contribution in [1.82, 2.24) is 35.6 Å². The van der Waals surface area contributed by atoms with Gasteiger partial charge in [-0.3, -0.25) is 0 Å². The van der Waals surface area contributed by atoms with Crippen molar-refractivity contribution in [3.8, 4) is 0 Å². The highest BCUT2D eigenvalue weighted by Gasteiger charge is 2.26. The monoisotopic (exact) mass is 235 g/mol. The molecule has 0 aliphatic heterocycles. The second-order valence-electron chi connectivity index (χ2n) is 5.09. The summed E-state index contributed by atoms with van der Waals surface area (Å²) >= 11 is 0. The molecule has 0 aliphatic rings. The second-order valence-corrected chi connectivity index (χ2v) is 5.09. The van der Waals surface area contributed by atoms with Crippen LogP contribution in [0.5, 0.6) is 0 Å². The molecule has 2 aromatic rings. The summed E-state index contributed by atoms with van der Waals surface area (Å²) in [5.74, 6) is 1.19. The molecule has 17 heavy (non-hydrogen) atoms. The lowest BCUT2D eigenvalue weighted by atomic mass is 9.90. The van der Waals surface area contributed by atoms with Gasteiger partial charge < -0.3 is 0 Å². The van der Waals surface area contributed by atoms with Gasteiger partial charge in [-0.1, -0.05) is 27.7 Å². The molecule has 2 aromatic heterocycles. The van der Waals surface area contributed by atoms with Crippen LogP contribution in [0, 0.1) is 0 Å². The van der Waals surface area contributed by atoms with E-state index in [0.29, 0.717) is 12.5 Å². The van der Waals surface area contributed by atoms with Gasteiger partial charge in [0.25, 0.3) is 0 Å². The molecular formula is C10H17N7. The average Bonchev–Trinajstić information content (AvgIpc) is 2.85. The Hall–Kier alpha value is -1.79. The number of hydrogen-bond donors (Lipinski definition) is 1. The summed E-state index contributed by atoms with van der Waals surface area (Å²) in [6.45, 7) is 9.02. The number of aromatic amines is 1. The van der Waals surface area contributed by atoms with Crippen LogP contribution in [0.2, 0.25) is 0 Å².